The number of hydrogen-bond acceptors (Lipinski definition) is 10. The smallest absolute Gasteiger partial charge is 0.305 e. The molecule has 11 nitrogen and oxygen atoms in total. The van der Waals surface area contributed by atoms with Crippen molar-refractivity contribution >= 4 is 11.9 Å². The number of amides is 1. The molecule has 0 aromatic carbocycles. The van der Waals surface area contributed by atoms with E-state index in [9.17, 15) is 35.1 Å². The van der Waals surface area contributed by atoms with E-state index in [1.807, 2.05) is 6.08 Å². The van der Waals surface area contributed by atoms with E-state index in [-0.39, 0.29) is 18.5 Å². The predicted molar refractivity (Wildman–Crippen MR) is 329 cm³/mol. The lowest BCUT2D eigenvalue weighted by atomic mass is 9.99. The molecule has 1 heterocycles. The number of ether oxygens (including phenoxy) is 3. The molecular weight excluding hydrogens is 991 g/mol. The monoisotopic (exact) mass is 1110 g/mol. The summed E-state index contributed by atoms with van der Waals surface area (Å²) in [5.41, 5.74) is 0. The first-order valence-corrected chi connectivity index (χ1v) is 33.1. The number of aliphatic hydroxyl groups excluding tert-OH is 5. The molecule has 6 N–H and O–H groups in total. The number of rotatable bonds is 57. The third-order valence-corrected chi connectivity index (χ3v) is 15.3. The topological polar surface area (TPSA) is 175 Å². The highest BCUT2D eigenvalue weighted by molar-refractivity contribution is 5.76. The maximum Gasteiger partial charge on any atom is 0.305 e. The molecule has 1 aliphatic rings. The number of carbonyl (C=O) groups is 2. The first-order chi connectivity index (χ1) is 38.7. The summed E-state index contributed by atoms with van der Waals surface area (Å²) in [5, 5.41) is 54.4. The van der Waals surface area contributed by atoms with Crippen LogP contribution in [0.4, 0.5) is 0 Å². The van der Waals surface area contributed by atoms with Crippen LogP contribution in [0.5, 0.6) is 0 Å². The SMILES string of the molecule is CCCC/C=C\C/C=C\CCCCCCCC(=O)OCCCCCCCCCCC/C=C\C/C=C\CCCCCCCCCCCC(=O)NC(COC1OC(CO)C(O)C(O)C1O)C(O)/C=C/CCCCCCCCCCCC. The maximum atomic E-state index is 13.0. The zero-order valence-corrected chi connectivity index (χ0v) is 50.8. The number of allylic oxidation sites excluding steroid dienone is 9. The summed E-state index contributed by atoms with van der Waals surface area (Å²) < 4.78 is 16.7. The van der Waals surface area contributed by atoms with Crippen molar-refractivity contribution in [2.24, 2.45) is 0 Å². The van der Waals surface area contributed by atoms with Gasteiger partial charge in [-0.25, -0.2) is 0 Å². The molecule has 7 unspecified atom stereocenters. The number of esters is 1. The van der Waals surface area contributed by atoms with E-state index in [0.717, 1.165) is 96.3 Å². The molecule has 7 atom stereocenters. The number of aliphatic hydroxyl groups is 5. The summed E-state index contributed by atoms with van der Waals surface area (Å²) >= 11 is 0. The molecule has 79 heavy (non-hydrogen) atoms. The van der Waals surface area contributed by atoms with Crippen LogP contribution in [-0.4, -0.2) is 100 Å². The Morgan fingerprint density at radius 3 is 1.32 bits per heavy atom. The maximum absolute atomic E-state index is 13.0. The van der Waals surface area contributed by atoms with Gasteiger partial charge in [0.05, 0.1) is 32.0 Å². The average Bonchev–Trinajstić information content (AvgIpc) is 3.46. The zero-order chi connectivity index (χ0) is 57.3. The first-order valence-electron chi connectivity index (χ1n) is 33.1. The quantitative estimate of drug-likeness (QED) is 0.0195. The molecule has 0 saturated carbocycles. The molecule has 1 aliphatic heterocycles. The van der Waals surface area contributed by atoms with Crippen molar-refractivity contribution in [3.63, 3.8) is 0 Å². The van der Waals surface area contributed by atoms with Crippen molar-refractivity contribution in [2.75, 3.05) is 19.8 Å². The van der Waals surface area contributed by atoms with Crippen LogP contribution >= 0.6 is 0 Å². The van der Waals surface area contributed by atoms with Gasteiger partial charge in [-0.2, -0.15) is 0 Å². The Hall–Kier alpha value is -2.64. The van der Waals surface area contributed by atoms with Crippen molar-refractivity contribution < 1.29 is 49.3 Å². The number of carbonyl (C=O) groups excluding carboxylic acids is 2. The third-order valence-electron chi connectivity index (χ3n) is 15.3. The fourth-order valence-electron chi connectivity index (χ4n) is 10.1. The fourth-order valence-corrected chi connectivity index (χ4v) is 10.1. The van der Waals surface area contributed by atoms with Crippen molar-refractivity contribution in [3.05, 3.63) is 60.8 Å². The van der Waals surface area contributed by atoms with Crippen LogP contribution in [-0.2, 0) is 23.8 Å². The van der Waals surface area contributed by atoms with Crippen LogP contribution < -0.4 is 5.32 Å². The Labute approximate surface area is 484 Å². The van der Waals surface area contributed by atoms with E-state index in [1.54, 1.807) is 6.08 Å². The average molecular weight is 1110 g/mol. The van der Waals surface area contributed by atoms with E-state index in [0.29, 0.717) is 19.4 Å². The van der Waals surface area contributed by atoms with Crippen LogP contribution in [0.25, 0.3) is 0 Å². The van der Waals surface area contributed by atoms with Crippen molar-refractivity contribution in [1.29, 1.82) is 0 Å². The van der Waals surface area contributed by atoms with E-state index in [4.69, 9.17) is 14.2 Å². The Morgan fingerprint density at radius 2 is 0.861 bits per heavy atom. The summed E-state index contributed by atoms with van der Waals surface area (Å²) in [5.74, 6) is -0.205. The van der Waals surface area contributed by atoms with Gasteiger partial charge in [-0.05, 0) is 89.9 Å². The molecule has 11 heteroatoms. The second-order valence-corrected chi connectivity index (χ2v) is 22.8. The Bertz CT molecular complexity index is 1500. The summed E-state index contributed by atoms with van der Waals surface area (Å²) in [6.45, 7) is 4.29. The highest BCUT2D eigenvalue weighted by atomic mass is 16.7. The lowest BCUT2D eigenvalue weighted by Gasteiger charge is -2.40. The summed E-state index contributed by atoms with van der Waals surface area (Å²) in [6.07, 6.45) is 64.7. The van der Waals surface area contributed by atoms with Gasteiger partial charge in [-0.15, -0.1) is 0 Å². The van der Waals surface area contributed by atoms with Crippen molar-refractivity contribution in [1.82, 2.24) is 5.32 Å². The lowest BCUT2D eigenvalue weighted by molar-refractivity contribution is -0.302. The molecule has 0 aromatic rings. The van der Waals surface area contributed by atoms with Gasteiger partial charge in [-0.1, -0.05) is 254 Å². The Kier molecular flexibility index (Phi) is 53.8. The van der Waals surface area contributed by atoms with Gasteiger partial charge in [-0.3, -0.25) is 9.59 Å². The summed E-state index contributed by atoms with van der Waals surface area (Å²) in [7, 11) is 0. The molecule has 0 bridgehead atoms. The fraction of sp³-hybridized carbons (Fsp3) is 0.824. The van der Waals surface area contributed by atoms with Gasteiger partial charge >= 0.3 is 5.97 Å². The molecule has 0 radical (unpaired) electrons. The van der Waals surface area contributed by atoms with E-state index >= 15 is 0 Å². The minimum atomic E-state index is -1.57. The zero-order valence-electron chi connectivity index (χ0n) is 50.8. The minimum Gasteiger partial charge on any atom is -0.466 e. The molecule has 0 aromatic heterocycles. The van der Waals surface area contributed by atoms with Crippen LogP contribution in [0.2, 0.25) is 0 Å². The van der Waals surface area contributed by atoms with Crippen molar-refractivity contribution in [2.45, 2.75) is 339 Å². The van der Waals surface area contributed by atoms with Gasteiger partial charge in [0, 0.05) is 12.8 Å². The number of unbranched alkanes of at least 4 members (excludes halogenated alkanes) is 35. The van der Waals surface area contributed by atoms with E-state index < -0.39 is 49.5 Å². The highest BCUT2D eigenvalue weighted by Crippen LogP contribution is 2.23. The second kappa shape index (κ2) is 57.2. The molecule has 1 saturated heterocycles. The normalized spacial score (nSPS) is 18.8. The molecular formula is C68H123NO10. The summed E-state index contributed by atoms with van der Waals surface area (Å²) in [6, 6.07) is -0.815. The summed E-state index contributed by atoms with van der Waals surface area (Å²) in [4.78, 5) is 25.1. The minimum absolute atomic E-state index is 0.0167. The van der Waals surface area contributed by atoms with Crippen LogP contribution in [0, 0.1) is 0 Å². The predicted octanol–water partition coefficient (Wildman–Crippen LogP) is 16.2. The third kappa shape index (κ3) is 46.5. The van der Waals surface area contributed by atoms with Gasteiger partial charge in [0.1, 0.15) is 24.4 Å². The van der Waals surface area contributed by atoms with Gasteiger partial charge < -0.3 is 45.1 Å². The molecule has 0 spiro atoms. The van der Waals surface area contributed by atoms with Gasteiger partial charge in [0.2, 0.25) is 5.91 Å². The van der Waals surface area contributed by atoms with Crippen molar-refractivity contribution in [3.8, 4) is 0 Å². The molecule has 0 aliphatic carbocycles. The Morgan fingerprint density at radius 1 is 0.468 bits per heavy atom. The number of hydrogen-bond donors (Lipinski definition) is 6. The van der Waals surface area contributed by atoms with E-state index in [2.05, 4.69) is 67.8 Å². The van der Waals surface area contributed by atoms with Gasteiger partial charge in [0.15, 0.2) is 6.29 Å². The largest absolute Gasteiger partial charge is 0.466 e. The molecule has 460 valence electrons. The van der Waals surface area contributed by atoms with Gasteiger partial charge in [0.25, 0.3) is 0 Å². The van der Waals surface area contributed by atoms with Crippen LogP contribution in [0.15, 0.2) is 60.8 Å². The molecule has 1 amide bonds. The van der Waals surface area contributed by atoms with Crippen LogP contribution in [0.1, 0.15) is 296 Å². The molecule has 1 fully saturated rings. The highest BCUT2D eigenvalue weighted by Gasteiger charge is 2.44. The van der Waals surface area contributed by atoms with Crippen LogP contribution in [0.3, 0.4) is 0 Å². The lowest BCUT2D eigenvalue weighted by Crippen LogP contribution is -2.60. The molecule has 1 rings (SSSR count). The first kappa shape index (κ1) is 74.4. The standard InChI is InChI=1S/C68H123NO10/c1-3-5-7-9-11-13-15-17-32-36-40-44-48-52-56-64(73)77-57-53-49-45-41-37-33-30-28-26-24-22-20-18-19-21-23-25-27-29-31-35-39-43-47-51-55-63(72)69-60(59-78-68-67(76)66(75)65(74)62(58-70)79-68)61(71)54-50-46-42-38-34-16-14-12-10-8-6-4-2/h9,11,15,17,19-22,50,54,60-62,65-68,70-71,74-76H,3-8,10,12-14,16,18,23-49,51-53,55-59H2,1-2H3,(H,69,72)/b11-9-,17-15-,21-19-,22-20-,54-50+. The Balaban J connectivity index is 2.03. The second-order valence-electron chi connectivity index (χ2n) is 22.8. The van der Waals surface area contributed by atoms with E-state index in [1.165, 1.54) is 173 Å². The number of nitrogens with one attached hydrogen (secondary N) is 1.